The van der Waals surface area contributed by atoms with Crippen molar-refractivity contribution in [1.29, 1.82) is 0 Å². The smallest absolute Gasteiger partial charge is 0.255 e. The molecule has 184 valence electrons. The molecule has 0 saturated heterocycles. The van der Waals surface area contributed by atoms with Crippen molar-refractivity contribution in [3.63, 3.8) is 0 Å². The Hall–Kier alpha value is -2.94. The van der Waals surface area contributed by atoms with Crippen molar-refractivity contribution in [3.8, 4) is 5.75 Å². The van der Waals surface area contributed by atoms with E-state index in [2.05, 4.69) is 0 Å². The predicted molar refractivity (Wildman–Crippen MR) is 134 cm³/mol. The number of carbonyl (C=O) groups is 2. The lowest BCUT2D eigenvalue weighted by atomic mass is 10.0. The van der Waals surface area contributed by atoms with Gasteiger partial charge in [-0.25, -0.2) is 4.39 Å². The van der Waals surface area contributed by atoms with Crippen molar-refractivity contribution >= 4 is 34.8 Å². The highest BCUT2D eigenvalue weighted by Gasteiger charge is 2.33. The van der Waals surface area contributed by atoms with Crippen LogP contribution in [0.5, 0.6) is 5.75 Å². The maximum absolute atomic E-state index is 13.5. The second kappa shape index (κ2) is 11.7. The molecule has 0 N–H and O–H groups in total. The van der Waals surface area contributed by atoms with Crippen molar-refractivity contribution in [1.82, 2.24) is 9.80 Å². The first-order valence-corrected chi connectivity index (χ1v) is 12.5. The summed E-state index contributed by atoms with van der Waals surface area (Å²) in [5.74, 6) is -0.331. The SMILES string of the molecule is COCCN(CC(=O)N1CCc2sccc2[C@@H]1COc1ccc(F)cc1)C(=O)c1ccccc1Cl. The van der Waals surface area contributed by atoms with Gasteiger partial charge in [0.1, 0.15) is 24.7 Å². The van der Waals surface area contributed by atoms with Crippen molar-refractivity contribution in [2.24, 2.45) is 0 Å². The Morgan fingerprint density at radius 3 is 2.69 bits per heavy atom. The first-order chi connectivity index (χ1) is 17.0. The third-order valence-electron chi connectivity index (χ3n) is 5.92. The molecule has 0 fully saturated rings. The molecule has 0 bridgehead atoms. The van der Waals surface area contributed by atoms with Crippen LogP contribution in [0.1, 0.15) is 26.8 Å². The van der Waals surface area contributed by atoms with E-state index in [-0.39, 0.29) is 50.0 Å². The standard InChI is InChI=1S/C26H26ClFN2O4S/c1-33-14-13-29(26(32)20-4-2-3-5-22(20)27)16-25(31)30-12-10-24-21(11-15-35-24)23(30)17-34-19-8-6-18(28)7-9-19/h2-9,11,15,23H,10,12-14,16-17H2,1H3/t23-/m0/s1. The summed E-state index contributed by atoms with van der Waals surface area (Å²) in [6.45, 7) is 1.16. The molecular weight excluding hydrogens is 491 g/mol. The molecule has 3 aromatic rings. The number of halogens is 2. The van der Waals surface area contributed by atoms with Crippen LogP contribution in [0.15, 0.2) is 60.0 Å². The minimum atomic E-state index is -0.341. The zero-order valence-electron chi connectivity index (χ0n) is 19.3. The van der Waals surface area contributed by atoms with Gasteiger partial charge in [-0.15, -0.1) is 11.3 Å². The molecule has 0 unspecified atom stereocenters. The van der Waals surface area contributed by atoms with Crippen LogP contribution in [0.25, 0.3) is 0 Å². The van der Waals surface area contributed by atoms with Crippen LogP contribution in [0.4, 0.5) is 4.39 Å². The molecule has 2 amide bonds. The fourth-order valence-corrected chi connectivity index (χ4v) is 5.24. The van der Waals surface area contributed by atoms with Gasteiger partial charge >= 0.3 is 0 Å². The normalized spacial score (nSPS) is 14.9. The molecule has 0 saturated carbocycles. The first-order valence-electron chi connectivity index (χ1n) is 11.2. The van der Waals surface area contributed by atoms with Gasteiger partial charge in [-0.3, -0.25) is 9.59 Å². The second-order valence-electron chi connectivity index (χ2n) is 8.12. The number of hydrogen-bond acceptors (Lipinski definition) is 5. The Labute approximate surface area is 212 Å². The number of nitrogens with zero attached hydrogens (tertiary/aromatic N) is 2. The van der Waals surface area contributed by atoms with Gasteiger partial charge in [-0.05, 0) is 59.8 Å². The molecule has 1 aliphatic heterocycles. The van der Waals surface area contributed by atoms with E-state index in [9.17, 15) is 14.0 Å². The number of thiophene rings is 1. The van der Waals surface area contributed by atoms with E-state index in [0.29, 0.717) is 22.9 Å². The number of fused-ring (bicyclic) bond motifs is 1. The first kappa shape index (κ1) is 25.2. The Kier molecular flexibility index (Phi) is 8.38. The van der Waals surface area contributed by atoms with Gasteiger partial charge in [-0.1, -0.05) is 23.7 Å². The molecule has 9 heteroatoms. The maximum atomic E-state index is 13.5. The molecule has 1 aromatic heterocycles. The van der Waals surface area contributed by atoms with E-state index >= 15 is 0 Å². The van der Waals surface area contributed by atoms with Crippen LogP contribution in [-0.2, 0) is 16.0 Å². The molecule has 1 atom stereocenters. The van der Waals surface area contributed by atoms with E-state index in [1.165, 1.54) is 21.9 Å². The Morgan fingerprint density at radius 1 is 1.17 bits per heavy atom. The maximum Gasteiger partial charge on any atom is 0.255 e. The predicted octanol–water partition coefficient (Wildman–Crippen LogP) is 4.83. The third-order valence-corrected chi connectivity index (χ3v) is 7.25. The van der Waals surface area contributed by atoms with Gasteiger partial charge in [0, 0.05) is 25.1 Å². The number of hydrogen-bond donors (Lipinski definition) is 0. The second-order valence-corrected chi connectivity index (χ2v) is 9.52. The van der Waals surface area contributed by atoms with Gasteiger partial charge in [0.05, 0.1) is 23.2 Å². The summed E-state index contributed by atoms with van der Waals surface area (Å²) < 4.78 is 24.4. The fourth-order valence-electron chi connectivity index (χ4n) is 4.09. The van der Waals surface area contributed by atoms with E-state index in [1.807, 2.05) is 11.4 Å². The van der Waals surface area contributed by atoms with Gasteiger partial charge < -0.3 is 19.3 Å². The number of amides is 2. The largest absolute Gasteiger partial charge is 0.491 e. The molecule has 2 aromatic carbocycles. The lowest BCUT2D eigenvalue weighted by molar-refractivity contribution is -0.135. The average molecular weight is 517 g/mol. The molecule has 2 heterocycles. The summed E-state index contributed by atoms with van der Waals surface area (Å²) in [6, 6.07) is 14.3. The van der Waals surface area contributed by atoms with Gasteiger partial charge in [-0.2, -0.15) is 0 Å². The van der Waals surface area contributed by atoms with Crippen LogP contribution in [0, 0.1) is 5.82 Å². The Morgan fingerprint density at radius 2 is 1.94 bits per heavy atom. The third kappa shape index (κ3) is 6.01. The summed E-state index contributed by atoms with van der Waals surface area (Å²) in [5.41, 5.74) is 1.38. The highest BCUT2D eigenvalue weighted by Crippen LogP contribution is 2.34. The zero-order valence-corrected chi connectivity index (χ0v) is 20.9. The molecule has 0 spiro atoms. The van der Waals surface area contributed by atoms with Crippen molar-refractivity contribution < 1.29 is 23.5 Å². The lowest BCUT2D eigenvalue weighted by Gasteiger charge is -2.37. The lowest BCUT2D eigenvalue weighted by Crippen LogP contribution is -2.48. The summed E-state index contributed by atoms with van der Waals surface area (Å²) in [5, 5.41) is 2.34. The molecule has 6 nitrogen and oxygen atoms in total. The van der Waals surface area contributed by atoms with Gasteiger partial charge in [0.2, 0.25) is 5.91 Å². The van der Waals surface area contributed by atoms with Crippen LogP contribution in [-0.4, -0.2) is 61.6 Å². The van der Waals surface area contributed by atoms with Crippen LogP contribution < -0.4 is 4.74 Å². The minimum absolute atomic E-state index is 0.111. The Bertz CT molecular complexity index is 1170. The summed E-state index contributed by atoms with van der Waals surface area (Å²) in [6.07, 6.45) is 0.738. The Balaban J connectivity index is 1.53. The molecule has 0 aliphatic carbocycles. The molecule has 0 radical (unpaired) electrons. The molecule has 4 rings (SSSR count). The highest BCUT2D eigenvalue weighted by molar-refractivity contribution is 7.10. The van der Waals surface area contributed by atoms with Gasteiger partial charge in [0.15, 0.2) is 0 Å². The van der Waals surface area contributed by atoms with Crippen molar-refractivity contribution in [2.45, 2.75) is 12.5 Å². The fraction of sp³-hybridized carbons (Fsp3) is 0.308. The van der Waals surface area contributed by atoms with Crippen LogP contribution in [0.3, 0.4) is 0 Å². The van der Waals surface area contributed by atoms with E-state index in [1.54, 1.807) is 59.7 Å². The van der Waals surface area contributed by atoms with E-state index in [4.69, 9.17) is 21.1 Å². The minimum Gasteiger partial charge on any atom is -0.491 e. The monoisotopic (exact) mass is 516 g/mol. The van der Waals surface area contributed by atoms with Crippen LogP contribution >= 0.6 is 22.9 Å². The van der Waals surface area contributed by atoms with Crippen molar-refractivity contribution in [2.75, 3.05) is 40.0 Å². The molecule has 1 aliphatic rings. The molecular formula is C26H26ClFN2O4S. The average Bonchev–Trinajstić information content (AvgIpc) is 3.35. The highest BCUT2D eigenvalue weighted by atomic mass is 35.5. The molecule has 35 heavy (non-hydrogen) atoms. The number of methoxy groups -OCH3 is 1. The summed E-state index contributed by atoms with van der Waals surface area (Å²) in [7, 11) is 1.55. The zero-order chi connectivity index (χ0) is 24.8. The number of ether oxygens (including phenoxy) is 2. The van der Waals surface area contributed by atoms with Crippen molar-refractivity contribution in [3.05, 3.63) is 86.8 Å². The summed E-state index contributed by atoms with van der Waals surface area (Å²) >= 11 is 7.90. The summed E-state index contributed by atoms with van der Waals surface area (Å²) in [4.78, 5) is 31.2. The van der Waals surface area contributed by atoms with Gasteiger partial charge in [0.25, 0.3) is 5.91 Å². The quantitative estimate of drug-likeness (QED) is 0.408. The topological polar surface area (TPSA) is 59.1 Å². The number of rotatable bonds is 9. The van der Waals surface area contributed by atoms with E-state index in [0.717, 1.165) is 12.0 Å². The van der Waals surface area contributed by atoms with E-state index < -0.39 is 0 Å². The van der Waals surface area contributed by atoms with Crippen LogP contribution in [0.2, 0.25) is 5.02 Å². The number of carbonyl (C=O) groups excluding carboxylic acids is 2. The number of benzene rings is 2.